The average Bonchev–Trinajstić information content (AvgIpc) is 2.39. The summed E-state index contributed by atoms with van der Waals surface area (Å²) in [6.07, 6.45) is 6.88. The van der Waals surface area contributed by atoms with Gasteiger partial charge in [0.2, 0.25) is 11.8 Å². The van der Waals surface area contributed by atoms with E-state index in [-0.39, 0.29) is 11.7 Å². The molecule has 7 heteroatoms. The van der Waals surface area contributed by atoms with Crippen molar-refractivity contribution in [3.05, 3.63) is 16.3 Å². The zero-order valence-electron chi connectivity index (χ0n) is 10.3. The predicted octanol–water partition coefficient (Wildman–Crippen LogP) is 2.17. The molecular formula is C11H17N5O2. The summed E-state index contributed by atoms with van der Waals surface area (Å²) in [4.78, 5) is 18.5. The van der Waals surface area contributed by atoms with Gasteiger partial charge in [-0.1, -0.05) is 19.3 Å². The Balaban J connectivity index is 2.19. The first-order valence-electron chi connectivity index (χ1n) is 6.16. The Morgan fingerprint density at radius 3 is 2.72 bits per heavy atom. The van der Waals surface area contributed by atoms with Crippen LogP contribution >= 0.6 is 0 Å². The molecule has 0 amide bonds. The lowest BCUT2D eigenvalue weighted by Crippen LogP contribution is -2.23. The fraction of sp³-hybridized carbons (Fsp3) is 0.636. The van der Waals surface area contributed by atoms with Crippen LogP contribution in [-0.2, 0) is 0 Å². The first-order chi connectivity index (χ1) is 8.70. The van der Waals surface area contributed by atoms with Crippen LogP contribution in [0.25, 0.3) is 0 Å². The van der Waals surface area contributed by atoms with Crippen LogP contribution in [0.1, 0.15) is 32.1 Å². The maximum atomic E-state index is 10.9. The smallest absolute Gasteiger partial charge is 0.329 e. The molecule has 2 rings (SSSR count). The Bertz CT molecular complexity index is 431. The van der Waals surface area contributed by atoms with Gasteiger partial charge in [0.15, 0.2) is 0 Å². The number of anilines is 2. The number of hydrogen-bond acceptors (Lipinski definition) is 6. The number of nitro groups is 1. The molecular weight excluding hydrogens is 234 g/mol. The van der Waals surface area contributed by atoms with Gasteiger partial charge in [-0.05, 0) is 12.8 Å². The van der Waals surface area contributed by atoms with Crippen LogP contribution in [0, 0.1) is 10.1 Å². The molecule has 0 spiro atoms. The second-order valence-electron chi connectivity index (χ2n) is 4.41. The van der Waals surface area contributed by atoms with Crippen molar-refractivity contribution in [1.82, 2.24) is 9.97 Å². The Kier molecular flexibility index (Phi) is 3.91. The summed E-state index contributed by atoms with van der Waals surface area (Å²) in [5.41, 5.74) is -0.0698. The molecule has 18 heavy (non-hydrogen) atoms. The summed E-state index contributed by atoms with van der Waals surface area (Å²) < 4.78 is 0. The van der Waals surface area contributed by atoms with E-state index < -0.39 is 4.92 Å². The minimum Gasteiger partial charge on any atom is -0.361 e. The maximum Gasteiger partial charge on any atom is 0.329 e. The molecule has 1 saturated carbocycles. The Morgan fingerprint density at radius 1 is 1.39 bits per heavy atom. The normalized spacial score (nSPS) is 16.3. The Labute approximate surface area is 105 Å². The molecule has 1 fully saturated rings. The Morgan fingerprint density at radius 2 is 2.11 bits per heavy atom. The molecule has 0 saturated heterocycles. The Hall–Kier alpha value is -1.92. The largest absolute Gasteiger partial charge is 0.361 e. The molecule has 0 atom stereocenters. The van der Waals surface area contributed by atoms with E-state index in [1.165, 1.54) is 12.6 Å². The van der Waals surface area contributed by atoms with Gasteiger partial charge in [0.1, 0.15) is 6.20 Å². The lowest BCUT2D eigenvalue weighted by molar-refractivity contribution is -0.384. The summed E-state index contributed by atoms with van der Waals surface area (Å²) in [6, 6.07) is 0.275. The van der Waals surface area contributed by atoms with Crippen molar-refractivity contribution >= 4 is 17.5 Å². The zero-order chi connectivity index (χ0) is 13.0. The molecule has 0 radical (unpaired) electrons. The van der Waals surface area contributed by atoms with Crippen LogP contribution in [0.2, 0.25) is 0 Å². The van der Waals surface area contributed by atoms with Crippen molar-refractivity contribution in [3.63, 3.8) is 0 Å². The summed E-state index contributed by atoms with van der Waals surface area (Å²) >= 11 is 0. The number of nitrogens with zero attached hydrogens (tertiary/aromatic N) is 3. The minimum atomic E-state index is -0.454. The van der Waals surface area contributed by atoms with Crippen LogP contribution < -0.4 is 10.6 Å². The third kappa shape index (κ3) is 2.85. The quantitative estimate of drug-likeness (QED) is 0.629. The van der Waals surface area contributed by atoms with Gasteiger partial charge < -0.3 is 10.6 Å². The highest BCUT2D eigenvalue weighted by Gasteiger charge is 2.21. The van der Waals surface area contributed by atoms with Gasteiger partial charge in [0.25, 0.3) is 0 Å². The van der Waals surface area contributed by atoms with E-state index in [0.717, 1.165) is 25.7 Å². The second kappa shape index (κ2) is 5.61. The number of hydrogen-bond donors (Lipinski definition) is 2. The molecule has 0 unspecified atom stereocenters. The van der Waals surface area contributed by atoms with E-state index in [0.29, 0.717) is 11.8 Å². The van der Waals surface area contributed by atoms with Gasteiger partial charge >= 0.3 is 5.69 Å². The molecule has 1 aromatic rings. The fourth-order valence-electron chi connectivity index (χ4n) is 2.18. The first kappa shape index (κ1) is 12.5. The highest BCUT2D eigenvalue weighted by molar-refractivity contribution is 5.57. The van der Waals surface area contributed by atoms with Crippen molar-refractivity contribution < 1.29 is 4.92 Å². The summed E-state index contributed by atoms with van der Waals surface area (Å²) in [5.74, 6) is 0.699. The van der Waals surface area contributed by atoms with Crippen molar-refractivity contribution in [2.24, 2.45) is 0 Å². The predicted molar refractivity (Wildman–Crippen MR) is 68.7 cm³/mol. The van der Waals surface area contributed by atoms with Gasteiger partial charge in [-0.2, -0.15) is 4.98 Å². The van der Waals surface area contributed by atoms with Crippen molar-refractivity contribution in [1.29, 1.82) is 0 Å². The molecule has 0 bridgehead atoms. The second-order valence-corrected chi connectivity index (χ2v) is 4.41. The van der Waals surface area contributed by atoms with E-state index in [9.17, 15) is 10.1 Å². The summed E-state index contributed by atoms with van der Waals surface area (Å²) in [7, 11) is 1.69. The highest BCUT2D eigenvalue weighted by Crippen LogP contribution is 2.26. The molecule has 0 aliphatic heterocycles. The molecule has 1 heterocycles. The highest BCUT2D eigenvalue weighted by atomic mass is 16.6. The van der Waals surface area contributed by atoms with E-state index >= 15 is 0 Å². The molecule has 7 nitrogen and oxygen atoms in total. The topological polar surface area (TPSA) is 93.0 Å². The van der Waals surface area contributed by atoms with E-state index in [4.69, 9.17) is 0 Å². The summed E-state index contributed by atoms with van der Waals surface area (Å²) in [6.45, 7) is 0. The van der Waals surface area contributed by atoms with Gasteiger partial charge in [0, 0.05) is 13.1 Å². The van der Waals surface area contributed by atoms with E-state index in [2.05, 4.69) is 20.6 Å². The fourth-order valence-corrected chi connectivity index (χ4v) is 2.18. The van der Waals surface area contributed by atoms with Gasteiger partial charge in [-0.3, -0.25) is 10.1 Å². The van der Waals surface area contributed by atoms with Crippen LogP contribution in [0.5, 0.6) is 0 Å². The minimum absolute atomic E-state index is 0.0698. The van der Waals surface area contributed by atoms with Crippen molar-refractivity contribution in [3.8, 4) is 0 Å². The average molecular weight is 251 g/mol. The third-order valence-corrected chi connectivity index (χ3v) is 3.14. The van der Waals surface area contributed by atoms with Crippen molar-refractivity contribution in [2.45, 2.75) is 38.1 Å². The summed E-state index contributed by atoms with van der Waals surface area (Å²) in [5, 5.41) is 16.9. The maximum absolute atomic E-state index is 10.9. The zero-order valence-corrected chi connectivity index (χ0v) is 10.3. The monoisotopic (exact) mass is 251 g/mol. The molecule has 0 aromatic carbocycles. The van der Waals surface area contributed by atoms with E-state index in [1.54, 1.807) is 7.05 Å². The molecule has 1 aliphatic carbocycles. The lowest BCUT2D eigenvalue weighted by Gasteiger charge is -2.23. The van der Waals surface area contributed by atoms with Crippen LogP contribution in [-0.4, -0.2) is 28.0 Å². The number of nitrogens with one attached hydrogen (secondary N) is 2. The molecule has 98 valence electrons. The lowest BCUT2D eigenvalue weighted by atomic mass is 9.95. The number of aromatic nitrogens is 2. The van der Waals surface area contributed by atoms with Crippen LogP contribution in [0.3, 0.4) is 0 Å². The van der Waals surface area contributed by atoms with Gasteiger partial charge in [0.05, 0.1) is 4.92 Å². The molecule has 2 N–H and O–H groups in total. The van der Waals surface area contributed by atoms with Crippen LogP contribution in [0.4, 0.5) is 17.5 Å². The van der Waals surface area contributed by atoms with E-state index in [1.807, 2.05) is 0 Å². The molecule has 1 aromatic heterocycles. The number of rotatable bonds is 4. The first-order valence-corrected chi connectivity index (χ1v) is 6.16. The standard InChI is InChI=1S/C11H17N5O2/c1-12-11-13-7-9(16(17)18)10(15-11)14-8-5-3-2-4-6-8/h7-8H,2-6H2,1H3,(H2,12,13,14,15). The van der Waals surface area contributed by atoms with Gasteiger partial charge in [-0.15, -0.1) is 0 Å². The SMILES string of the molecule is CNc1ncc([N+](=O)[O-])c(NC2CCCCC2)n1. The third-order valence-electron chi connectivity index (χ3n) is 3.14. The van der Waals surface area contributed by atoms with Crippen molar-refractivity contribution in [2.75, 3.05) is 17.7 Å². The van der Waals surface area contributed by atoms with Gasteiger partial charge in [-0.25, -0.2) is 4.98 Å². The van der Waals surface area contributed by atoms with Crippen LogP contribution in [0.15, 0.2) is 6.20 Å². The molecule has 1 aliphatic rings.